The van der Waals surface area contributed by atoms with Crippen molar-refractivity contribution in [3.05, 3.63) is 18.1 Å². The zero-order valence-corrected chi connectivity index (χ0v) is 10.9. The molecule has 0 saturated heterocycles. The van der Waals surface area contributed by atoms with Gasteiger partial charge in [0, 0.05) is 12.5 Å². The third-order valence-electron chi connectivity index (χ3n) is 3.92. The van der Waals surface area contributed by atoms with Crippen molar-refractivity contribution in [1.29, 1.82) is 0 Å². The zero-order chi connectivity index (χ0) is 12.5. The Morgan fingerprint density at radius 3 is 2.83 bits per heavy atom. The second kappa shape index (κ2) is 4.59. The molecule has 4 heteroatoms. The second-order valence-electron chi connectivity index (χ2n) is 5.16. The first-order chi connectivity index (χ1) is 8.79. The number of imidazole rings is 1. The van der Waals surface area contributed by atoms with Crippen molar-refractivity contribution in [2.45, 2.75) is 51.5 Å². The number of aromatic nitrogens is 3. The van der Waals surface area contributed by atoms with Gasteiger partial charge in [0.1, 0.15) is 11.3 Å². The lowest BCUT2D eigenvalue weighted by Gasteiger charge is -2.21. The van der Waals surface area contributed by atoms with E-state index in [1.54, 1.807) is 6.20 Å². The van der Waals surface area contributed by atoms with Gasteiger partial charge in [-0.2, -0.15) is 0 Å². The van der Waals surface area contributed by atoms with Crippen LogP contribution in [0, 0.1) is 0 Å². The van der Waals surface area contributed by atoms with Crippen LogP contribution in [0.4, 0.5) is 5.69 Å². The monoisotopic (exact) mass is 244 g/mol. The minimum absolute atomic E-state index is 0.606. The fourth-order valence-electron chi connectivity index (χ4n) is 3.03. The first-order valence-electron chi connectivity index (χ1n) is 6.91. The summed E-state index contributed by atoms with van der Waals surface area (Å²) >= 11 is 0. The summed E-state index contributed by atoms with van der Waals surface area (Å²) in [6.07, 6.45) is 8.27. The maximum Gasteiger partial charge on any atom is 0.160 e. The topological polar surface area (TPSA) is 56.7 Å². The van der Waals surface area contributed by atoms with E-state index in [0.717, 1.165) is 17.7 Å². The SMILES string of the molecule is CCn1c(C2CCCCC2)nc2cc(N)cnc21. The molecular formula is C14H20N4. The molecule has 3 rings (SSSR count). The summed E-state index contributed by atoms with van der Waals surface area (Å²) in [7, 11) is 0. The summed E-state index contributed by atoms with van der Waals surface area (Å²) in [6.45, 7) is 3.09. The molecule has 0 amide bonds. The Morgan fingerprint density at radius 1 is 1.33 bits per heavy atom. The zero-order valence-electron chi connectivity index (χ0n) is 10.9. The lowest BCUT2D eigenvalue weighted by Crippen LogP contribution is -2.11. The minimum atomic E-state index is 0.606. The Morgan fingerprint density at radius 2 is 2.11 bits per heavy atom. The number of hydrogen-bond donors (Lipinski definition) is 1. The van der Waals surface area contributed by atoms with Crippen LogP contribution in [0.25, 0.3) is 11.2 Å². The molecule has 96 valence electrons. The predicted molar refractivity (Wildman–Crippen MR) is 73.4 cm³/mol. The van der Waals surface area contributed by atoms with Crippen LogP contribution in [0.15, 0.2) is 12.3 Å². The van der Waals surface area contributed by atoms with Crippen LogP contribution < -0.4 is 5.73 Å². The number of nitrogens with zero attached hydrogens (tertiary/aromatic N) is 3. The van der Waals surface area contributed by atoms with E-state index in [1.165, 1.54) is 37.9 Å². The Hall–Kier alpha value is -1.58. The van der Waals surface area contributed by atoms with Gasteiger partial charge in [0.05, 0.1) is 11.9 Å². The van der Waals surface area contributed by atoms with Crippen molar-refractivity contribution in [3.8, 4) is 0 Å². The summed E-state index contributed by atoms with van der Waals surface area (Å²) in [5.41, 5.74) is 8.41. The van der Waals surface area contributed by atoms with E-state index in [1.807, 2.05) is 6.07 Å². The van der Waals surface area contributed by atoms with Crippen molar-refractivity contribution < 1.29 is 0 Å². The van der Waals surface area contributed by atoms with Gasteiger partial charge in [0.25, 0.3) is 0 Å². The maximum absolute atomic E-state index is 5.79. The number of pyridine rings is 1. The average molecular weight is 244 g/mol. The fraction of sp³-hybridized carbons (Fsp3) is 0.571. The number of rotatable bonds is 2. The van der Waals surface area contributed by atoms with Crippen molar-refractivity contribution in [2.24, 2.45) is 0 Å². The van der Waals surface area contributed by atoms with Gasteiger partial charge in [-0.3, -0.25) is 0 Å². The fourth-order valence-corrected chi connectivity index (χ4v) is 3.03. The summed E-state index contributed by atoms with van der Waals surface area (Å²) in [6, 6.07) is 1.93. The number of anilines is 1. The van der Waals surface area contributed by atoms with Crippen molar-refractivity contribution >= 4 is 16.9 Å². The lowest BCUT2D eigenvalue weighted by molar-refractivity contribution is 0.418. The standard InChI is InChI=1S/C14H20N4/c1-2-18-13(10-6-4-3-5-7-10)17-12-8-11(15)9-16-14(12)18/h8-10H,2-7,15H2,1H3. The summed E-state index contributed by atoms with van der Waals surface area (Å²) in [5.74, 6) is 1.82. The Balaban J connectivity index is 2.09. The molecule has 0 radical (unpaired) electrons. The van der Waals surface area contributed by atoms with Crippen molar-refractivity contribution in [1.82, 2.24) is 14.5 Å². The van der Waals surface area contributed by atoms with Gasteiger partial charge in [0.2, 0.25) is 0 Å². The average Bonchev–Trinajstić information content (AvgIpc) is 2.77. The van der Waals surface area contributed by atoms with Crippen LogP contribution in [-0.2, 0) is 6.54 Å². The largest absolute Gasteiger partial charge is 0.397 e. The molecule has 1 fully saturated rings. The number of hydrogen-bond acceptors (Lipinski definition) is 3. The molecule has 2 aromatic rings. The maximum atomic E-state index is 5.79. The number of fused-ring (bicyclic) bond motifs is 1. The van der Waals surface area contributed by atoms with Gasteiger partial charge in [0.15, 0.2) is 5.65 Å². The Bertz CT molecular complexity index is 552. The highest BCUT2D eigenvalue weighted by Crippen LogP contribution is 2.33. The van der Waals surface area contributed by atoms with Gasteiger partial charge < -0.3 is 10.3 Å². The minimum Gasteiger partial charge on any atom is -0.397 e. The molecule has 1 aliphatic carbocycles. The number of aryl methyl sites for hydroxylation is 1. The van der Waals surface area contributed by atoms with Crippen LogP contribution in [0.1, 0.15) is 50.8 Å². The molecule has 0 aliphatic heterocycles. The van der Waals surface area contributed by atoms with Gasteiger partial charge in [-0.15, -0.1) is 0 Å². The first-order valence-corrected chi connectivity index (χ1v) is 6.91. The smallest absolute Gasteiger partial charge is 0.160 e. The first kappa shape index (κ1) is 11.5. The molecule has 0 atom stereocenters. The van der Waals surface area contributed by atoms with Crippen molar-refractivity contribution in [2.75, 3.05) is 5.73 Å². The summed E-state index contributed by atoms with van der Waals surface area (Å²) < 4.78 is 2.25. The van der Waals surface area contributed by atoms with Gasteiger partial charge in [-0.1, -0.05) is 19.3 Å². The number of nitrogens with two attached hydrogens (primary N) is 1. The van der Waals surface area contributed by atoms with E-state index in [-0.39, 0.29) is 0 Å². The van der Waals surface area contributed by atoms with Crippen molar-refractivity contribution in [3.63, 3.8) is 0 Å². The number of nitrogen functional groups attached to an aromatic ring is 1. The van der Waals surface area contributed by atoms with E-state index in [0.29, 0.717) is 11.6 Å². The summed E-state index contributed by atoms with van der Waals surface area (Å²) in [5, 5.41) is 0. The molecular weight excluding hydrogens is 224 g/mol. The van der Waals surface area contributed by atoms with Crippen LogP contribution >= 0.6 is 0 Å². The van der Waals surface area contributed by atoms with Gasteiger partial charge >= 0.3 is 0 Å². The van der Waals surface area contributed by atoms with Crippen LogP contribution in [0.2, 0.25) is 0 Å². The molecule has 0 unspecified atom stereocenters. The highest BCUT2D eigenvalue weighted by molar-refractivity contribution is 5.75. The van der Waals surface area contributed by atoms with E-state index >= 15 is 0 Å². The molecule has 18 heavy (non-hydrogen) atoms. The van der Waals surface area contributed by atoms with E-state index in [2.05, 4.69) is 16.5 Å². The van der Waals surface area contributed by atoms with E-state index in [9.17, 15) is 0 Å². The second-order valence-corrected chi connectivity index (χ2v) is 5.16. The van der Waals surface area contributed by atoms with Crippen LogP contribution in [-0.4, -0.2) is 14.5 Å². The summed E-state index contributed by atoms with van der Waals surface area (Å²) in [4.78, 5) is 9.23. The van der Waals surface area contributed by atoms with E-state index in [4.69, 9.17) is 10.7 Å². The highest BCUT2D eigenvalue weighted by atomic mass is 15.1. The highest BCUT2D eigenvalue weighted by Gasteiger charge is 2.22. The molecule has 2 heterocycles. The van der Waals surface area contributed by atoms with Gasteiger partial charge in [-0.25, -0.2) is 9.97 Å². The molecule has 4 nitrogen and oxygen atoms in total. The molecule has 0 spiro atoms. The van der Waals surface area contributed by atoms with Crippen LogP contribution in [0.5, 0.6) is 0 Å². The predicted octanol–water partition coefficient (Wildman–Crippen LogP) is 3.08. The molecule has 1 saturated carbocycles. The molecule has 2 aromatic heterocycles. The molecule has 0 aromatic carbocycles. The van der Waals surface area contributed by atoms with E-state index < -0.39 is 0 Å². The Kier molecular flexibility index (Phi) is 2.94. The normalized spacial score (nSPS) is 17.4. The Labute approximate surface area is 107 Å². The molecule has 0 bridgehead atoms. The lowest BCUT2D eigenvalue weighted by atomic mass is 9.88. The molecule has 1 aliphatic rings. The molecule has 2 N–H and O–H groups in total. The third kappa shape index (κ3) is 1.85. The third-order valence-corrected chi connectivity index (χ3v) is 3.92. The van der Waals surface area contributed by atoms with Gasteiger partial charge in [-0.05, 0) is 25.8 Å². The van der Waals surface area contributed by atoms with Crippen LogP contribution in [0.3, 0.4) is 0 Å². The quantitative estimate of drug-likeness (QED) is 0.883.